The number of fused-ring (bicyclic) bond motifs is 1. The van der Waals surface area contributed by atoms with Crippen LogP contribution in [0.15, 0.2) is 6.33 Å². The fourth-order valence-electron chi connectivity index (χ4n) is 2.48. The van der Waals surface area contributed by atoms with Crippen molar-refractivity contribution < 1.29 is 0 Å². The van der Waals surface area contributed by atoms with Gasteiger partial charge in [-0.2, -0.15) is 9.97 Å². The van der Waals surface area contributed by atoms with Gasteiger partial charge in [-0.3, -0.25) is 0 Å². The molecule has 0 atom stereocenters. The summed E-state index contributed by atoms with van der Waals surface area (Å²) >= 11 is 0. The lowest BCUT2D eigenvalue weighted by atomic mass is 9.83. The van der Waals surface area contributed by atoms with E-state index in [0.717, 1.165) is 30.1 Å². The van der Waals surface area contributed by atoms with E-state index in [1.165, 1.54) is 12.8 Å². The number of imidazole rings is 1. The van der Waals surface area contributed by atoms with Gasteiger partial charge in [0, 0.05) is 20.1 Å². The van der Waals surface area contributed by atoms with Gasteiger partial charge in [0.1, 0.15) is 5.52 Å². The summed E-state index contributed by atoms with van der Waals surface area (Å²) < 4.78 is 0. The van der Waals surface area contributed by atoms with Gasteiger partial charge < -0.3 is 15.2 Å². The van der Waals surface area contributed by atoms with E-state index in [2.05, 4.69) is 44.0 Å². The summed E-state index contributed by atoms with van der Waals surface area (Å²) in [4.78, 5) is 18.7. The first kappa shape index (κ1) is 12.2. The molecule has 6 nitrogen and oxygen atoms in total. The molecule has 0 bridgehead atoms. The van der Waals surface area contributed by atoms with E-state index in [-0.39, 0.29) is 0 Å². The molecule has 1 fully saturated rings. The highest BCUT2D eigenvalue weighted by Gasteiger charge is 2.27. The Balaban J connectivity index is 1.98. The quantitative estimate of drug-likeness (QED) is 0.864. The largest absolute Gasteiger partial charge is 0.357 e. The maximum absolute atomic E-state index is 4.60. The minimum Gasteiger partial charge on any atom is -0.357 e. The van der Waals surface area contributed by atoms with Gasteiger partial charge in [0.25, 0.3) is 0 Å². The van der Waals surface area contributed by atoms with Crippen LogP contribution in [0.4, 0.5) is 11.8 Å². The van der Waals surface area contributed by atoms with Crippen molar-refractivity contribution in [3.63, 3.8) is 0 Å². The summed E-state index contributed by atoms with van der Waals surface area (Å²) in [5.74, 6) is 1.58. The van der Waals surface area contributed by atoms with E-state index < -0.39 is 0 Å². The normalized spacial score (nSPS) is 18.8. The van der Waals surface area contributed by atoms with Crippen molar-refractivity contribution in [2.24, 2.45) is 5.41 Å². The van der Waals surface area contributed by atoms with Gasteiger partial charge >= 0.3 is 0 Å². The molecule has 19 heavy (non-hydrogen) atoms. The monoisotopic (exact) mass is 260 g/mol. The van der Waals surface area contributed by atoms with Crippen molar-refractivity contribution in [1.82, 2.24) is 19.9 Å². The molecule has 102 valence electrons. The number of H-pyrrole nitrogens is 1. The van der Waals surface area contributed by atoms with Crippen molar-refractivity contribution in [2.45, 2.75) is 26.7 Å². The smallest absolute Gasteiger partial charge is 0.226 e. The zero-order valence-electron chi connectivity index (χ0n) is 11.7. The summed E-state index contributed by atoms with van der Waals surface area (Å²) in [5.41, 5.74) is 2.08. The zero-order chi connectivity index (χ0) is 13.5. The van der Waals surface area contributed by atoms with Crippen LogP contribution in [0, 0.1) is 5.41 Å². The van der Waals surface area contributed by atoms with E-state index in [9.17, 15) is 0 Å². The topological polar surface area (TPSA) is 69.7 Å². The van der Waals surface area contributed by atoms with Crippen LogP contribution in [0.25, 0.3) is 11.2 Å². The van der Waals surface area contributed by atoms with Gasteiger partial charge in [-0.05, 0) is 18.3 Å². The standard InChI is InChI=1S/C13H20N6/c1-13(2)4-6-19(7-5-13)11-9-10(16-8-15-9)17-12(14-3)18-11/h8H,4-7H2,1-3H3,(H2,14,15,16,17,18). The fraction of sp³-hybridized carbons (Fsp3) is 0.615. The van der Waals surface area contributed by atoms with Crippen molar-refractivity contribution in [3.05, 3.63) is 6.33 Å². The zero-order valence-corrected chi connectivity index (χ0v) is 11.7. The van der Waals surface area contributed by atoms with E-state index in [1.54, 1.807) is 6.33 Å². The Kier molecular flexibility index (Phi) is 2.80. The molecular formula is C13H20N6. The first-order chi connectivity index (χ1) is 9.09. The molecule has 0 saturated carbocycles. The van der Waals surface area contributed by atoms with Crippen molar-refractivity contribution in [1.29, 1.82) is 0 Å². The van der Waals surface area contributed by atoms with Gasteiger partial charge in [-0.15, -0.1) is 0 Å². The first-order valence-electron chi connectivity index (χ1n) is 6.73. The molecule has 0 radical (unpaired) electrons. The average Bonchev–Trinajstić information content (AvgIpc) is 2.86. The minimum atomic E-state index is 0.433. The van der Waals surface area contributed by atoms with Gasteiger partial charge in [0.05, 0.1) is 6.33 Å². The molecule has 1 aliphatic rings. The molecule has 3 heterocycles. The number of piperidine rings is 1. The van der Waals surface area contributed by atoms with Crippen LogP contribution in [0.2, 0.25) is 0 Å². The molecule has 0 amide bonds. The van der Waals surface area contributed by atoms with Gasteiger partial charge in [-0.25, -0.2) is 4.98 Å². The Labute approximate surface area is 112 Å². The highest BCUT2D eigenvalue weighted by Crippen LogP contribution is 2.33. The summed E-state index contributed by atoms with van der Waals surface area (Å²) in [6.07, 6.45) is 4.04. The Bertz CT molecular complexity index is 578. The number of aromatic amines is 1. The number of hydrogen-bond acceptors (Lipinski definition) is 5. The molecule has 0 aromatic carbocycles. The molecule has 3 rings (SSSR count). The van der Waals surface area contributed by atoms with Gasteiger partial charge in [0.2, 0.25) is 5.95 Å². The Morgan fingerprint density at radius 3 is 2.68 bits per heavy atom. The molecule has 0 aliphatic carbocycles. The Morgan fingerprint density at radius 2 is 2.00 bits per heavy atom. The Hall–Kier alpha value is -1.85. The Morgan fingerprint density at radius 1 is 1.26 bits per heavy atom. The van der Waals surface area contributed by atoms with Crippen LogP contribution in [0.3, 0.4) is 0 Å². The second kappa shape index (κ2) is 4.36. The summed E-state index contributed by atoms with van der Waals surface area (Å²) in [5, 5.41) is 3.00. The molecule has 0 spiro atoms. The van der Waals surface area contributed by atoms with E-state index >= 15 is 0 Å². The third-order valence-electron chi connectivity index (χ3n) is 3.91. The summed E-state index contributed by atoms with van der Waals surface area (Å²) in [6.45, 7) is 6.72. The predicted octanol–water partition coefficient (Wildman–Crippen LogP) is 2.02. The molecular weight excluding hydrogens is 240 g/mol. The molecule has 6 heteroatoms. The SMILES string of the molecule is CNc1nc(N2CCC(C)(C)CC2)c2[nH]cnc2n1. The number of nitrogens with one attached hydrogen (secondary N) is 2. The van der Waals surface area contributed by atoms with E-state index in [4.69, 9.17) is 0 Å². The molecule has 1 saturated heterocycles. The second-order valence-electron chi connectivity index (χ2n) is 5.87. The number of hydrogen-bond donors (Lipinski definition) is 2. The lowest BCUT2D eigenvalue weighted by Crippen LogP contribution is -2.38. The third-order valence-corrected chi connectivity index (χ3v) is 3.91. The lowest BCUT2D eigenvalue weighted by molar-refractivity contribution is 0.279. The number of rotatable bonds is 2. The van der Waals surface area contributed by atoms with Crippen LogP contribution in [-0.2, 0) is 0 Å². The van der Waals surface area contributed by atoms with Crippen LogP contribution >= 0.6 is 0 Å². The molecule has 2 N–H and O–H groups in total. The number of nitrogens with zero attached hydrogens (tertiary/aromatic N) is 4. The lowest BCUT2D eigenvalue weighted by Gasteiger charge is -2.37. The first-order valence-corrected chi connectivity index (χ1v) is 6.73. The fourth-order valence-corrected chi connectivity index (χ4v) is 2.48. The van der Waals surface area contributed by atoms with E-state index in [1.807, 2.05) is 7.05 Å². The van der Waals surface area contributed by atoms with Crippen molar-refractivity contribution >= 4 is 22.9 Å². The van der Waals surface area contributed by atoms with Crippen molar-refractivity contribution in [2.75, 3.05) is 30.4 Å². The van der Waals surface area contributed by atoms with E-state index in [0.29, 0.717) is 11.4 Å². The summed E-state index contributed by atoms with van der Waals surface area (Å²) in [7, 11) is 1.83. The van der Waals surface area contributed by atoms with Gasteiger partial charge in [-0.1, -0.05) is 13.8 Å². The maximum atomic E-state index is 4.60. The molecule has 0 unspecified atom stereocenters. The number of anilines is 2. The van der Waals surface area contributed by atoms with Gasteiger partial charge in [0.15, 0.2) is 11.5 Å². The molecule has 1 aliphatic heterocycles. The van der Waals surface area contributed by atoms with Crippen molar-refractivity contribution in [3.8, 4) is 0 Å². The number of aromatic nitrogens is 4. The second-order valence-corrected chi connectivity index (χ2v) is 5.87. The average molecular weight is 260 g/mol. The highest BCUT2D eigenvalue weighted by molar-refractivity contribution is 5.84. The molecule has 2 aromatic rings. The minimum absolute atomic E-state index is 0.433. The highest BCUT2D eigenvalue weighted by atomic mass is 15.2. The predicted molar refractivity (Wildman–Crippen MR) is 76.5 cm³/mol. The molecule has 2 aromatic heterocycles. The van der Waals surface area contributed by atoms with Crippen LogP contribution in [-0.4, -0.2) is 40.1 Å². The van der Waals surface area contributed by atoms with Crippen LogP contribution < -0.4 is 10.2 Å². The maximum Gasteiger partial charge on any atom is 0.226 e. The van der Waals surface area contributed by atoms with Crippen LogP contribution in [0.1, 0.15) is 26.7 Å². The summed E-state index contributed by atoms with van der Waals surface area (Å²) in [6, 6.07) is 0. The third kappa shape index (κ3) is 2.22. The van der Waals surface area contributed by atoms with Crippen LogP contribution in [0.5, 0.6) is 0 Å².